The van der Waals surface area contributed by atoms with Crippen LogP contribution >= 0.6 is 23.5 Å². The minimum absolute atomic E-state index is 0.0200. The van der Waals surface area contributed by atoms with Crippen LogP contribution in [0.15, 0.2) is 95.0 Å². The number of anilines is 1. The second-order valence-corrected chi connectivity index (χ2v) is 10.6. The summed E-state index contributed by atoms with van der Waals surface area (Å²) in [6, 6.07) is 28.4. The molecule has 0 radical (unpaired) electrons. The number of para-hydroxylation sites is 2. The van der Waals surface area contributed by atoms with Gasteiger partial charge in [0.25, 0.3) is 0 Å². The number of nitrogens with zero attached hydrogens (tertiary/aromatic N) is 3. The van der Waals surface area contributed by atoms with Crippen molar-refractivity contribution in [1.29, 1.82) is 0 Å². The van der Waals surface area contributed by atoms with Crippen LogP contribution in [-0.2, 0) is 10.5 Å². The van der Waals surface area contributed by atoms with Gasteiger partial charge in [-0.05, 0) is 48.2 Å². The standard InChI is InChI=1S/C28H30N4OS2/c1-4-25(27(33)29-24-18-12-11-17-23(24)20(2)3)35-28-31-30-26(19-34-22-15-9-6-10-16-22)32(28)21-13-7-5-8-14-21/h5-18,20,25H,4,19H2,1-3H3,(H,29,33). The van der Waals surface area contributed by atoms with Crippen LogP contribution in [0.25, 0.3) is 5.69 Å². The summed E-state index contributed by atoms with van der Waals surface area (Å²) in [5, 5.41) is 12.6. The van der Waals surface area contributed by atoms with Gasteiger partial charge in [0.05, 0.1) is 11.0 Å². The molecule has 0 saturated heterocycles. The molecule has 4 rings (SSSR count). The van der Waals surface area contributed by atoms with Gasteiger partial charge in [-0.15, -0.1) is 22.0 Å². The Hall–Kier alpha value is -3.03. The second-order valence-electron chi connectivity index (χ2n) is 8.42. The van der Waals surface area contributed by atoms with Crippen LogP contribution in [0.2, 0.25) is 0 Å². The lowest BCUT2D eigenvalue weighted by atomic mass is 10.0. The highest BCUT2D eigenvalue weighted by atomic mass is 32.2. The molecule has 1 heterocycles. The summed E-state index contributed by atoms with van der Waals surface area (Å²) < 4.78 is 2.07. The number of amides is 1. The first-order chi connectivity index (χ1) is 17.1. The molecule has 4 aromatic rings. The number of aromatic nitrogens is 3. The van der Waals surface area contributed by atoms with Crippen LogP contribution in [0.5, 0.6) is 0 Å². The number of benzene rings is 3. The van der Waals surface area contributed by atoms with E-state index in [0.717, 1.165) is 27.9 Å². The van der Waals surface area contributed by atoms with Gasteiger partial charge in [0.2, 0.25) is 5.91 Å². The Labute approximate surface area is 215 Å². The zero-order valence-corrected chi connectivity index (χ0v) is 21.9. The Balaban J connectivity index is 1.57. The lowest BCUT2D eigenvalue weighted by Crippen LogP contribution is -2.25. The highest BCUT2D eigenvalue weighted by molar-refractivity contribution is 8.00. The summed E-state index contributed by atoms with van der Waals surface area (Å²) in [5.74, 6) is 1.84. The van der Waals surface area contributed by atoms with E-state index in [0.29, 0.717) is 18.1 Å². The van der Waals surface area contributed by atoms with E-state index in [1.165, 1.54) is 16.7 Å². The van der Waals surface area contributed by atoms with Crippen LogP contribution in [0.3, 0.4) is 0 Å². The van der Waals surface area contributed by atoms with Gasteiger partial charge in [-0.2, -0.15) is 0 Å². The second kappa shape index (κ2) is 12.1. The first-order valence-corrected chi connectivity index (χ1v) is 13.7. The van der Waals surface area contributed by atoms with Crippen molar-refractivity contribution < 1.29 is 4.79 Å². The summed E-state index contributed by atoms with van der Waals surface area (Å²) in [5.41, 5.74) is 2.99. The van der Waals surface area contributed by atoms with Crippen LogP contribution in [0, 0.1) is 0 Å². The molecule has 0 aliphatic carbocycles. The predicted molar refractivity (Wildman–Crippen MR) is 146 cm³/mol. The zero-order valence-electron chi connectivity index (χ0n) is 20.2. The molecule has 180 valence electrons. The average molecular weight is 503 g/mol. The first-order valence-electron chi connectivity index (χ1n) is 11.8. The molecule has 1 amide bonds. The van der Waals surface area contributed by atoms with Gasteiger partial charge in [-0.3, -0.25) is 9.36 Å². The van der Waals surface area contributed by atoms with Crippen molar-refractivity contribution in [3.8, 4) is 5.69 Å². The van der Waals surface area contributed by atoms with E-state index < -0.39 is 0 Å². The number of hydrogen-bond donors (Lipinski definition) is 1. The molecule has 1 aromatic heterocycles. The number of thioether (sulfide) groups is 2. The number of rotatable bonds is 10. The normalized spacial score (nSPS) is 12.0. The third-order valence-electron chi connectivity index (χ3n) is 5.58. The van der Waals surface area contributed by atoms with Gasteiger partial charge in [0.15, 0.2) is 5.16 Å². The Morgan fingerprint density at radius 2 is 1.57 bits per heavy atom. The molecule has 0 spiro atoms. The number of nitrogens with one attached hydrogen (secondary N) is 1. The van der Waals surface area contributed by atoms with Crippen molar-refractivity contribution in [2.24, 2.45) is 0 Å². The van der Waals surface area contributed by atoms with Gasteiger partial charge in [-0.1, -0.05) is 87.1 Å². The SMILES string of the molecule is CCC(Sc1nnc(CSc2ccccc2)n1-c1ccccc1)C(=O)Nc1ccccc1C(C)C. The molecule has 1 N–H and O–H groups in total. The van der Waals surface area contributed by atoms with E-state index in [4.69, 9.17) is 0 Å². The smallest absolute Gasteiger partial charge is 0.237 e. The largest absolute Gasteiger partial charge is 0.325 e. The van der Waals surface area contributed by atoms with Crippen molar-refractivity contribution in [3.63, 3.8) is 0 Å². The third kappa shape index (κ3) is 6.35. The van der Waals surface area contributed by atoms with Crippen molar-refractivity contribution in [1.82, 2.24) is 14.8 Å². The molecule has 0 aliphatic rings. The predicted octanol–water partition coefficient (Wildman–Crippen LogP) is 7.19. The molecule has 0 bridgehead atoms. The molecule has 0 fully saturated rings. The van der Waals surface area contributed by atoms with E-state index in [1.54, 1.807) is 11.8 Å². The minimum atomic E-state index is -0.295. The minimum Gasteiger partial charge on any atom is -0.325 e. The Kier molecular flexibility index (Phi) is 8.66. The summed E-state index contributed by atoms with van der Waals surface area (Å²) in [6.45, 7) is 6.30. The molecule has 35 heavy (non-hydrogen) atoms. The van der Waals surface area contributed by atoms with E-state index in [9.17, 15) is 4.79 Å². The van der Waals surface area contributed by atoms with Crippen LogP contribution in [0.4, 0.5) is 5.69 Å². The molecular formula is C28H30N4OS2. The maximum Gasteiger partial charge on any atom is 0.237 e. The lowest BCUT2D eigenvalue weighted by Gasteiger charge is -2.18. The number of carbonyl (C=O) groups is 1. The van der Waals surface area contributed by atoms with Crippen molar-refractivity contribution in [2.75, 3.05) is 5.32 Å². The van der Waals surface area contributed by atoms with Gasteiger partial charge in [-0.25, -0.2) is 0 Å². The van der Waals surface area contributed by atoms with Crippen molar-refractivity contribution in [2.45, 2.75) is 54.2 Å². The molecule has 0 aliphatic heterocycles. The molecule has 1 atom stereocenters. The number of hydrogen-bond acceptors (Lipinski definition) is 5. The highest BCUT2D eigenvalue weighted by Crippen LogP contribution is 2.31. The van der Waals surface area contributed by atoms with Crippen LogP contribution in [0.1, 0.15) is 44.5 Å². The third-order valence-corrected chi connectivity index (χ3v) is 7.89. The summed E-state index contributed by atoms with van der Waals surface area (Å²) >= 11 is 3.18. The van der Waals surface area contributed by atoms with Crippen molar-refractivity contribution in [3.05, 3.63) is 96.3 Å². The molecule has 1 unspecified atom stereocenters. The van der Waals surface area contributed by atoms with Crippen LogP contribution in [-0.4, -0.2) is 25.9 Å². The Bertz CT molecular complexity index is 1240. The summed E-state index contributed by atoms with van der Waals surface area (Å²) in [6.07, 6.45) is 0.677. The molecule has 5 nitrogen and oxygen atoms in total. The molecule has 7 heteroatoms. The zero-order chi connectivity index (χ0) is 24.6. The Morgan fingerprint density at radius 3 is 2.26 bits per heavy atom. The molecule has 0 saturated carbocycles. The van der Waals surface area contributed by atoms with E-state index in [-0.39, 0.29) is 11.2 Å². The fraction of sp³-hybridized carbons (Fsp3) is 0.250. The van der Waals surface area contributed by atoms with Crippen molar-refractivity contribution >= 4 is 35.1 Å². The van der Waals surface area contributed by atoms with Gasteiger partial charge >= 0.3 is 0 Å². The molecule has 3 aromatic carbocycles. The van der Waals surface area contributed by atoms with E-state index >= 15 is 0 Å². The summed E-state index contributed by atoms with van der Waals surface area (Å²) in [4.78, 5) is 14.5. The lowest BCUT2D eigenvalue weighted by molar-refractivity contribution is -0.115. The fourth-order valence-corrected chi connectivity index (χ4v) is 5.57. The molecular weight excluding hydrogens is 472 g/mol. The quantitative estimate of drug-likeness (QED) is 0.233. The van der Waals surface area contributed by atoms with Gasteiger partial charge in [0.1, 0.15) is 5.82 Å². The summed E-state index contributed by atoms with van der Waals surface area (Å²) in [7, 11) is 0. The fourth-order valence-electron chi connectivity index (χ4n) is 3.75. The maximum absolute atomic E-state index is 13.3. The topological polar surface area (TPSA) is 59.8 Å². The van der Waals surface area contributed by atoms with Gasteiger partial charge in [0, 0.05) is 16.3 Å². The maximum atomic E-state index is 13.3. The highest BCUT2D eigenvalue weighted by Gasteiger charge is 2.24. The first kappa shape index (κ1) is 25.1. The number of carbonyl (C=O) groups excluding carboxylic acids is 1. The average Bonchev–Trinajstić information content (AvgIpc) is 3.29. The van der Waals surface area contributed by atoms with E-state index in [1.807, 2.05) is 73.7 Å². The Morgan fingerprint density at radius 1 is 0.914 bits per heavy atom. The van der Waals surface area contributed by atoms with Crippen LogP contribution < -0.4 is 5.32 Å². The van der Waals surface area contributed by atoms with E-state index in [2.05, 4.69) is 52.1 Å². The monoisotopic (exact) mass is 502 g/mol. The van der Waals surface area contributed by atoms with Gasteiger partial charge < -0.3 is 5.32 Å².